The molecule has 180 valence electrons. The molecule has 2 N–H and O–H groups in total. The maximum Gasteiger partial charge on any atom is 0.269 e. The summed E-state index contributed by atoms with van der Waals surface area (Å²) in [6, 6.07) is 14.2. The van der Waals surface area contributed by atoms with Crippen LogP contribution in [0.25, 0.3) is 18.2 Å². The molecule has 3 rings (SSSR count). The number of aromatic hydroxyl groups is 1. The molecule has 0 saturated heterocycles. The van der Waals surface area contributed by atoms with Gasteiger partial charge in [-0.25, -0.2) is 0 Å². The third kappa shape index (κ3) is 6.38. The quantitative estimate of drug-likeness (QED) is 0.144. The summed E-state index contributed by atoms with van der Waals surface area (Å²) in [7, 11) is 4.61. The van der Waals surface area contributed by atoms with Crippen molar-refractivity contribution in [3.05, 3.63) is 87.5 Å². The molecule has 1 amide bonds. The predicted molar refractivity (Wildman–Crippen MR) is 134 cm³/mol. The fraction of sp³-hybridized carbons (Fsp3) is 0.115. The molecule has 0 aromatic heterocycles. The van der Waals surface area contributed by atoms with Crippen LogP contribution >= 0.6 is 0 Å². The minimum Gasteiger partial charge on any atom is -0.506 e. The number of carbonyl (C=O) groups is 1. The number of nitro groups is 1. The Morgan fingerprint density at radius 3 is 2.03 bits per heavy atom. The fourth-order valence-corrected chi connectivity index (χ4v) is 3.20. The lowest BCUT2D eigenvalue weighted by Gasteiger charge is -2.12. The second kappa shape index (κ2) is 11.4. The van der Waals surface area contributed by atoms with Crippen molar-refractivity contribution in [1.29, 1.82) is 0 Å². The third-order valence-electron chi connectivity index (χ3n) is 4.96. The van der Waals surface area contributed by atoms with E-state index in [0.29, 0.717) is 22.8 Å². The van der Waals surface area contributed by atoms with Crippen molar-refractivity contribution in [2.75, 3.05) is 26.6 Å². The number of nitrogens with zero attached hydrogens (tertiary/aromatic N) is 1. The van der Waals surface area contributed by atoms with Gasteiger partial charge in [0.05, 0.1) is 31.9 Å². The summed E-state index contributed by atoms with van der Waals surface area (Å²) < 4.78 is 16.1. The summed E-state index contributed by atoms with van der Waals surface area (Å²) in [4.78, 5) is 22.6. The van der Waals surface area contributed by atoms with Crippen LogP contribution in [0.2, 0.25) is 0 Å². The van der Waals surface area contributed by atoms with Gasteiger partial charge in [-0.05, 0) is 59.2 Å². The first-order chi connectivity index (χ1) is 16.8. The van der Waals surface area contributed by atoms with Crippen LogP contribution in [0.5, 0.6) is 23.0 Å². The molecule has 0 radical (unpaired) electrons. The van der Waals surface area contributed by atoms with Gasteiger partial charge in [0.1, 0.15) is 5.75 Å². The van der Waals surface area contributed by atoms with Crippen molar-refractivity contribution in [2.45, 2.75) is 0 Å². The van der Waals surface area contributed by atoms with Crippen LogP contribution in [0.1, 0.15) is 16.7 Å². The number of ether oxygens (including phenoxy) is 3. The third-order valence-corrected chi connectivity index (χ3v) is 4.96. The number of non-ortho nitro benzene ring substituents is 1. The highest BCUT2D eigenvalue weighted by Gasteiger charge is 2.12. The number of hydrogen-bond donors (Lipinski definition) is 2. The Morgan fingerprint density at radius 1 is 0.857 bits per heavy atom. The highest BCUT2D eigenvalue weighted by Crippen LogP contribution is 2.38. The molecule has 0 fully saturated rings. The first kappa shape index (κ1) is 24.8. The zero-order valence-electron chi connectivity index (χ0n) is 19.3. The van der Waals surface area contributed by atoms with Gasteiger partial charge in [0, 0.05) is 18.2 Å². The summed E-state index contributed by atoms with van der Waals surface area (Å²) in [6.07, 6.45) is 6.43. The number of carbonyl (C=O) groups excluding carboxylic acids is 1. The van der Waals surface area contributed by atoms with E-state index in [4.69, 9.17) is 14.2 Å². The minimum absolute atomic E-state index is 0.0343. The molecule has 0 spiro atoms. The van der Waals surface area contributed by atoms with E-state index in [1.807, 2.05) is 12.2 Å². The zero-order chi connectivity index (χ0) is 25.4. The number of benzene rings is 3. The van der Waals surface area contributed by atoms with Crippen molar-refractivity contribution in [3.8, 4) is 23.0 Å². The van der Waals surface area contributed by atoms with E-state index >= 15 is 0 Å². The number of methoxy groups -OCH3 is 3. The average molecular weight is 476 g/mol. The van der Waals surface area contributed by atoms with Crippen molar-refractivity contribution >= 4 is 35.5 Å². The first-order valence-corrected chi connectivity index (χ1v) is 10.4. The Kier molecular flexibility index (Phi) is 8.07. The van der Waals surface area contributed by atoms with E-state index in [1.165, 1.54) is 63.8 Å². The molecule has 3 aromatic carbocycles. The number of phenols is 1. The molecule has 0 aliphatic rings. The van der Waals surface area contributed by atoms with E-state index in [9.17, 15) is 20.0 Å². The van der Waals surface area contributed by atoms with Gasteiger partial charge in [-0.3, -0.25) is 14.9 Å². The van der Waals surface area contributed by atoms with Crippen LogP contribution in [0.15, 0.2) is 60.7 Å². The lowest BCUT2D eigenvalue weighted by atomic mass is 10.1. The number of rotatable bonds is 9. The molecule has 35 heavy (non-hydrogen) atoms. The molecule has 9 nitrogen and oxygen atoms in total. The van der Waals surface area contributed by atoms with Crippen LogP contribution in [0.3, 0.4) is 0 Å². The summed E-state index contributed by atoms with van der Waals surface area (Å²) in [5.41, 5.74) is 2.34. The zero-order valence-corrected chi connectivity index (χ0v) is 19.3. The van der Waals surface area contributed by atoms with Gasteiger partial charge in [0.2, 0.25) is 11.7 Å². The molecule has 0 aliphatic carbocycles. The predicted octanol–water partition coefficient (Wildman–Crippen LogP) is 5.15. The largest absolute Gasteiger partial charge is 0.506 e. The molecule has 0 unspecified atom stereocenters. The van der Waals surface area contributed by atoms with Crippen LogP contribution < -0.4 is 19.5 Å². The fourth-order valence-electron chi connectivity index (χ4n) is 3.20. The highest BCUT2D eigenvalue weighted by molar-refractivity contribution is 6.03. The lowest BCUT2D eigenvalue weighted by Crippen LogP contribution is -2.08. The number of hydrogen-bond acceptors (Lipinski definition) is 7. The lowest BCUT2D eigenvalue weighted by molar-refractivity contribution is -0.384. The Hall–Kier alpha value is -4.79. The van der Waals surface area contributed by atoms with Crippen molar-refractivity contribution in [2.24, 2.45) is 0 Å². The topological polar surface area (TPSA) is 120 Å². The van der Waals surface area contributed by atoms with Gasteiger partial charge in [0.15, 0.2) is 11.5 Å². The Bertz CT molecular complexity index is 1260. The van der Waals surface area contributed by atoms with Gasteiger partial charge in [0.25, 0.3) is 5.69 Å². The van der Waals surface area contributed by atoms with E-state index in [-0.39, 0.29) is 17.1 Å². The van der Waals surface area contributed by atoms with Gasteiger partial charge in [-0.2, -0.15) is 0 Å². The number of amides is 1. The van der Waals surface area contributed by atoms with Crippen LogP contribution in [0, 0.1) is 10.1 Å². The van der Waals surface area contributed by atoms with Crippen molar-refractivity contribution in [3.63, 3.8) is 0 Å². The van der Waals surface area contributed by atoms with Crippen molar-refractivity contribution < 1.29 is 29.0 Å². The molecule has 0 atom stereocenters. The summed E-state index contributed by atoms with van der Waals surface area (Å²) in [6.45, 7) is 0. The molecule has 0 saturated carbocycles. The van der Waals surface area contributed by atoms with Crippen LogP contribution in [-0.4, -0.2) is 37.3 Å². The van der Waals surface area contributed by atoms with Gasteiger partial charge in [-0.15, -0.1) is 0 Å². The molecule has 0 bridgehead atoms. The van der Waals surface area contributed by atoms with Gasteiger partial charge >= 0.3 is 0 Å². The summed E-state index contributed by atoms with van der Waals surface area (Å²) in [5.74, 6) is 0.968. The molecular formula is C26H24N2O7. The van der Waals surface area contributed by atoms with E-state index in [1.54, 1.807) is 24.3 Å². The molecule has 0 aliphatic heterocycles. The number of nitrogens with one attached hydrogen (secondary N) is 1. The SMILES string of the molecule is COc1cc(C=Cc2ccc(O)c(NC(=O)/C=C/c3ccc([N+](=O)[O-])cc3)c2)cc(OC)c1OC. The monoisotopic (exact) mass is 476 g/mol. The number of anilines is 1. The molecular weight excluding hydrogens is 452 g/mol. The van der Waals surface area contributed by atoms with Crippen molar-refractivity contribution in [1.82, 2.24) is 0 Å². The van der Waals surface area contributed by atoms with E-state index < -0.39 is 10.8 Å². The van der Waals surface area contributed by atoms with Crippen LogP contribution in [0.4, 0.5) is 11.4 Å². The second-order valence-electron chi connectivity index (χ2n) is 7.24. The minimum atomic E-state index is -0.494. The highest BCUT2D eigenvalue weighted by atomic mass is 16.6. The molecule has 0 heterocycles. The molecule has 3 aromatic rings. The van der Waals surface area contributed by atoms with Gasteiger partial charge in [-0.1, -0.05) is 18.2 Å². The Morgan fingerprint density at radius 2 is 1.46 bits per heavy atom. The summed E-state index contributed by atoms with van der Waals surface area (Å²) in [5, 5.41) is 23.5. The summed E-state index contributed by atoms with van der Waals surface area (Å²) >= 11 is 0. The number of nitro benzene ring substituents is 1. The normalized spacial score (nSPS) is 10.9. The first-order valence-electron chi connectivity index (χ1n) is 10.4. The standard InChI is InChI=1S/C26H24N2O7/c1-33-23-15-19(16-24(34-2)26(23)35-3)5-4-18-8-12-22(29)21(14-18)27-25(30)13-9-17-6-10-20(11-7-17)28(31)32/h4-16,29H,1-3H3,(H,27,30)/b5-4?,13-9+. The Balaban J connectivity index is 1.74. The van der Waals surface area contributed by atoms with Gasteiger partial charge < -0.3 is 24.6 Å². The second-order valence-corrected chi connectivity index (χ2v) is 7.24. The smallest absolute Gasteiger partial charge is 0.269 e. The maximum atomic E-state index is 12.3. The van der Waals surface area contributed by atoms with Crippen LogP contribution in [-0.2, 0) is 4.79 Å². The van der Waals surface area contributed by atoms with E-state index in [0.717, 1.165) is 11.1 Å². The molecule has 9 heteroatoms. The average Bonchev–Trinajstić information content (AvgIpc) is 2.87. The number of phenolic OH excluding ortho intramolecular Hbond substituents is 1. The Labute approximate surface area is 202 Å². The maximum absolute atomic E-state index is 12.3. The van der Waals surface area contributed by atoms with E-state index in [2.05, 4.69) is 5.32 Å².